The number of methoxy groups -OCH3 is 1. The van der Waals surface area contributed by atoms with Crippen molar-refractivity contribution in [2.24, 2.45) is 5.92 Å². The van der Waals surface area contributed by atoms with Gasteiger partial charge in [0.1, 0.15) is 11.8 Å². The molecule has 1 aromatic carbocycles. The summed E-state index contributed by atoms with van der Waals surface area (Å²) in [7, 11) is 1.58. The largest absolute Gasteiger partial charge is 0.497 e. The van der Waals surface area contributed by atoms with Crippen LogP contribution >= 0.6 is 0 Å². The molecule has 8 nitrogen and oxygen atoms in total. The zero-order valence-corrected chi connectivity index (χ0v) is 14.7. The van der Waals surface area contributed by atoms with Crippen molar-refractivity contribution in [3.63, 3.8) is 0 Å². The van der Waals surface area contributed by atoms with E-state index in [1.807, 2.05) is 13.8 Å². The van der Waals surface area contributed by atoms with Crippen molar-refractivity contribution < 1.29 is 19.4 Å². The summed E-state index contributed by atoms with van der Waals surface area (Å²) in [5.41, 5.74) is 1.35. The van der Waals surface area contributed by atoms with Crippen LogP contribution in [0.1, 0.15) is 36.5 Å². The summed E-state index contributed by atoms with van der Waals surface area (Å²) in [6.07, 6.45) is 0.340. The molecule has 2 N–H and O–H groups in total. The zero-order valence-electron chi connectivity index (χ0n) is 14.7. The number of carboxylic acid groups (broad SMARTS) is 1. The number of amides is 1. The molecule has 0 saturated carbocycles. The van der Waals surface area contributed by atoms with E-state index in [4.69, 9.17) is 4.74 Å². The Balaban J connectivity index is 2.21. The van der Waals surface area contributed by atoms with Crippen LogP contribution in [0.25, 0.3) is 5.69 Å². The number of carbonyl (C=O) groups excluding carboxylic acids is 1. The predicted molar refractivity (Wildman–Crippen MR) is 91.0 cm³/mol. The molecule has 1 aromatic heterocycles. The molecule has 2 rings (SSSR count). The highest BCUT2D eigenvalue weighted by molar-refractivity contribution is 5.95. The van der Waals surface area contributed by atoms with Gasteiger partial charge in [0.15, 0.2) is 5.69 Å². The Kier molecular flexibility index (Phi) is 5.74. The number of carbonyl (C=O) groups is 2. The number of hydrogen-bond donors (Lipinski definition) is 2. The summed E-state index contributed by atoms with van der Waals surface area (Å²) >= 11 is 0. The highest BCUT2D eigenvalue weighted by atomic mass is 16.5. The Morgan fingerprint density at radius 3 is 2.44 bits per heavy atom. The first kappa shape index (κ1) is 18.4. The van der Waals surface area contributed by atoms with E-state index in [0.29, 0.717) is 17.9 Å². The number of aromatic nitrogens is 3. The fourth-order valence-corrected chi connectivity index (χ4v) is 2.43. The fraction of sp³-hybridized carbons (Fsp3) is 0.412. The van der Waals surface area contributed by atoms with Gasteiger partial charge in [-0.25, -0.2) is 9.48 Å². The van der Waals surface area contributed by atoms with Crippen LogP contribution in [0.4, 0.5) is 0 Å². The van der Waals surface area contributed by atoms with Gasteiger partial charge in [0, 0.05) is 0 Å². The Bertz CT molecular complexity index is 753. The van der Waals surface area contributed by atoms with Crippen molar-refractivity contribution in [1.29, 1.82) is 0 Å². The van der Waals surface area contributed by atoms with E-state index >= 15 is 0 Å². The molecule has 0 radical (unpaired) electrons. The van der Waals surface area contributed by atoms with Crippen molar-refractivity contribution in [3.8, 4) is 11.4 Å². The third kappa shape index (κ3) is 4.34. The topological polar surface area (TPSA) is 106 Å². The van der Waals surface area contributed by atoms with Crippen molar-refractivity contribution in [2.45, 2.75) is 33.2 Å². The minimum absolute atomic E-state index is 0.103. The molecule has 1 atom stereocenters. The maximum Gasteiger partial charge on any atom is 0.326 e. The summed E-state index contributed by atoms with van der Waals surface area (Å²) in [5, 5.41) is 19.7. The smallest absolute Gasteiger partial charge is 0.326 e. The molecule has 0 aliphatic rings. The minimum atomic E-state index is -1.07. The van der Waals surface area contributed by atoms with Crippen LogP contribution in [0.2, 0.25) is 0 Å². The number of benzene rings is 1. The van der Waals surface area contributed by atoms with Crippen molar-refractivity contribution in [1.82, 2.24) is 20.3 Å². The van der Waals surface area contributed by atoms with Gasteiger partial charge in [0.2, 0.25) is 0 Å². The third-order valence-electron chi connectivity index (χ3n) is 3.74. The van der Waals surface area contributed by atoms with E-state index in [-0.39, 0.29) is 11.6 Å². The number of hydrogen-bond acceptors (Lipinski definition) is 5. The lowest BCUT2D eigenvalue weighted by molar-refractivity contribution is -0.139. The van der Waals surface area contributed by atoms with Crippen LogP contribution in [-0.2, 0) is 4.79 Å². The van der Waals surface area contributed by atoms with Crippen LogP contribution in [-0.4, -0.2) is 45.1 Å². The lowest BCUT2D eigenvalue weighted by atomic mass is 10.0. The van der Waals surface area contributed by atoms with Crippen LogP contribution in [0, 0.1) is 12.8 Å². The van der Waals surface area contributed by atoms with E-state index < -0.39 is 17.9 Å². The first-order valence-electron chi connectivity index (χ1n) is 7.93. The minimum Gasteiger partial charge on any atom is -0.497 e. The first-order valence-corrected chi connectivity index (χ1v) is 7.93. The van der Waals surface area contributed by atoms with Gasteiger partial charge in [0.05, 0.1) is 18.5 Å². The second kappa shape index (κ2) is 7.78. The van der Waals surface area contributed by atoms with Gasteiger partial charge in [-0.1, -0.05) is 19.1 Å². The molecule has 0 aliphatic heterocycles. The molecule has 25 heavy (non-hydrogen) atoms. The van der Waals surface area contributed by atoms with Crippen molar-refractivity contribution in [3.05, 3.63) is 35.7 Å². The zero-order chi connectivity index (χ0) is 18.6. The molecule has 0 fully saturated rings. The number of nitrogens with zero attached hydrogens (tertiary/aromatic N) is 3. The third-order valence-corrected chi connectivity index (χ3v) is 3.74. The quantitative estimate of drug-likeness (QED) is 0.792. The first-order chi connectivity index (χ1) is 11.8. The number of nitrogens with one attached hydrogen (secondary N) is 1. The second-order valence-corrected chi connectivity index (χ2v) is 6.13. The van der Waals surface area contributed by atoms with E-state index in [1.54, 1.807) is 38.3 Å². The molecule has 1 heterocycles. The second-order valence-electron chi connectivity index (χ2n) is 6.13. The SMILES string of the molecule is COc1ccc(-n2nnc(C(=O)N[C@@H](CC(C)C)C(=O)O)c2C)cc1. The van der Waals surface area contributed by atoms with Crippen LogP contribution in [0.3, 0.4) is 0 Å². The Morgan fingerprint density at radius 2 is 1.92 bits per heavy atom. The molecule has 0 saturated heterocycles. The molecule has 2 aromatic rings. The molecule has 134 valence electrons. The number of rotatable bonds is 7. The highest BCUT2D eigenvalue weighted by Gasteiger charge is 2.25. The lowest BCUT2D eigenvalue weighted by Crippen LogP contribution is -2.42. The van der Waals surface area contributed by atoms with Crippen molar-refractivity contribution >= 4 is 11.9 Å². The summed E-state index contributed by atoms with van der Waals surface area (Å²) in [4.78, 5) is 23.7. The fourth-order valence-electron chi connectivity index (χ4n) is 2.43. The average molecular weight is 346 g/mol. The van der Waals surface area contributed by atoms with E-state index in [1.165, 1.54) is 4.68 Å². The van der Waals surface area contributed by atoms with Gasteiger partial charge in [0.25, 0.3) is 5.91 Å². The maximum absolute atomic E-state index is 12.4. The Hall–Kier alpha value is -2.90. The molecule has 0 aliphatic carbocycles. The lowest BCUT2D eigenvalue weighted by Gasteiger charge is -2.15. The number of carboxylic acids is 1. The standard InChI is InChI=1S/C17H22N4O4/c1-10(2)9-14(17(23)24)18-16(22)15-11(3)21(20-19-15)12-5-7-13(25-4)8-6-12/h5-8,10,14H,9H2,1-4H3,(H,18,22)(H,23,24)/t14-/m0/s1. The molecule has 0 unspecified atom stereocenters. The maximum atomic E-state index is 12.4. The van der Waals surface area contributed by atoms with Gasteiger partial charge in [-0.2, -0.15) is 0 Å². The monoisotopic (exact) mass is 346 g/mol. The van der Waals surface area contributed by atoms with E-state index in [2.05, 4.69) is 15.6 Å². The van der Waals surface area contributed by atoms with Gasteiger partial charge in [-0.15, -0.1) is 5.10 Å². The summed E-state index contributed by atoms with van der Waals surface area (Å²) < 4.78 is 6.63. The molecular weight excluding hydrogens is 324 g/mol. The Morgan fingerprint density at radius 1 is 1.28 bits per heavy atom. The normalized spacial score (nSPS) is 12.0. The molecule has 0 bridgehead atoms. The highest BCUT2D eigenvalue weighted by Crippen LogP contribution is 2.17. The van der Waals surface area contributed by atoms with Gasteiger partial charge in [-0.3, -0.25) is 4.79 Å². The van der Waals surface area contributed by atoms with E-state index in [9.17, 15) is 14.7 Å². The molecule has 8 heteroatoms. The van der Waals surface area contributed by atoms with E-state index in [0.717, 1.165) is 5.69 Å². The van der Waals surface area contributed by atoms with Gasteiger partial charge < -0.3 is 15.2 Å². The number of ether oxygens (including phenoxy) is 1. The predicted octanol–water partition coefficient (Wildman–Crippen LogP) is 1.81. The van der Waals surface area contributed by atoms with Gasteiger partial charge >= 0.3 is 5.97 Å². The van der Waals surface area contributed by atoms with Gasteiger partial charge in [-0.05, 0) is 43.5 Å². The van der Waals surface area contributed by atoms with Crippen LogP contribution in [0.5, 0.6) is 5.75 Å². The Labute approximate surface area is 145 Å². The van der Waals surface area contributed by atoms with Crippen LogP contribution < -0.4 is 10.1 Å². The number of aliphatic carboxylic acids is 1. The summed E-state index contributed by atoms with van der Waals surface area (Å²) in [6, 6.07) is 6.18. The molecular formula is C17H22N4O4. The summed E-state index contributed by atoms with van der Waals surface area (Å²) in [6.45, 7) is 5.50. The molecule has 1 amide bonds. The van der Waals surface area contributed by atoms with Crippen molar-refractivity contribution in [2.75, 3.05) is 7.11 Å². The summed E-state index contributed by atoms with van der Waals surface area (Å²) in [5.74, 6) is -0.775. The average Bonchev–Trinajstić information content (AvgIpc) is 2.95. The van der Waals surface area contributed by atoms with Crippen LogP contribution in [0.15, 0.2) is 24.3 Å². The molecule has 0 spiro atoms.